The van der Waals surface area contributed by atoms with Crippen LogP contribution >= 0.6 is 0 Å². The van der Waals surface area contributed by atoms with Gasteiger partial charge in [-0.05, 0) is 35.9 Å². The van der Waals surface area contributed by atoms with Crippen molar-refractivity contribution in [3.63, 3.8) is 0 Å². The lowest BCUT2D eigenvalue weighted by atomic mass is 9.98. The Morgan fingerprint density at radius 1 is 1.14 bits per heavy atom. The fourth-order valence-corrected chi connectivity index (χ4v) is 2.58. The van der Waals surface area contributed by atoms with E-state index in [1.54, 1.807) is 12.1 Å². The van der Waals surface area contributed by atoms with Crippen LogP contribution in [0.5, 0.6) is 0 Å². The second-order valence-electron chi connectivity index (χ2n) is 5.30. The number of carbonyl (C=O) groups excluding carboxylic acids is 1. The number of methoxy groups -OCH3 is 1. The summed E-state index contributed by atoms with van der Waals surface area (Å²) < 4.78 is 31.7. The van der Waals surface area contributed by atoms with Gasteiger partial charge in [-0.2, -0.15) is 0 Å². The Kier molecular flexibility index (Phi) is 3.79. The Hall–Kier alpha value is -2.43. The average Bonchev–Trinajstić information content (AvgIpc) is 2.49. The standard InChI is InChI=1S/C17H15F2NO2/c1-22-17(21)12-9-20(10-12)14-5-2-11(3-6-14)15-8-13(18)4-7-16(15)19/h2-8,12H,9-10H2,1H3. The second kappa shape index (κ2) is 5.75. The van der Waals surface area contributed by atoms with E-state index >= 15 is 0 Å². The van der Waals surface area contributed by atoms with Crippen molar-refractivity contribution in [3.8, 4) is 11.1 Å². The van der Waals surface area contributed by atoms with Crippen LogP contribution in [0.1, 0.15) is 0 Å². The average molecular weight is 303 g/mol. The van der Waals surface area contributed by atoms with Gasteiger partial charge in [0.2, 0.25) is 0 Å². The zero-order valence-corrected chi connectivity index (χ0v) is 12.1. The van der Waals surface area contributed by atoms with E-state index in [0.717, 1.165) is 17.8 Å². The maximum atomic E-state index is 13.7. The first-order valence-corrected chi connectivity index (χ1v) is 6.97. The molecule has 0 aromatic heterocycles. The summed E-state index contributed by atoms with van der Waals surface area (Å²) in [6.45, 7) is 1.22. The molecule has 3 nitrogen and oxygen atoms in total. The lowest BCUT2D eigenvalue weighted by molar-refractivity contribution is -0.146. The van der Waals surface area contributed by atoms with Gasteiger partial charge in [0.25, 0.3) is 0 Å². The molecule has 5 heteroatoms. The van der Waals surface area contributed by atoms with Crippen molar-refractivity contribution in [1.29, 1.82) is 0 Å². The molecule has 0 atom stereocenters. The fraction of sp³-hybridized carbons (Fsp3) is 0.235. The third kappa shape index (κ3) is 2.66. The van der Waals surface area contributed by atoms with E-state index in [4.69, 9.17) is 4.74 Å². The molecule has 1 aliphatic heterocycles. The van der Waals surface area contributed by atoms with E-state index < -0.39 is 11.6 Å². The number of ether oxygens (including phenoxy) is 1. The number of carbonyl (C=O) groups is 1. The lowest BCUT2D eigenvalue weighted by Gasteiger charge is -2.39. The topological polar surface area (TPSA) is 29.5 Å². The highest BCUT2D eigenvalue weighted by Gasteiger charge is 2.33. The van der Waals surface area contributed by atoms with Crippen molar-refractivity contribution in [2.24, 2.45) is 5.92 Å². The summed E-state index contributed by atoms with van der Waals surface area (Å²) in [4.78, 5) is 13.4. The summed E-state index contributed by atoms with van der Waals surface area (Å²) in [5.41, 5.74) is 1.80. The van der Waals surface area contributed by atoms with Crippen LogP contribution in [0.2, 0.25) is 0 Å². The van der Waals surface area contributed by atoms with Crippen LogP contribution in [0.25, 0.3) is 11.1 Å². The predicted molar refractivity (Wildman–Crippen MR) is 79.5 cm³/mol. The Bertz CT molecular complexity index is 694. The lowest BCUT2D eigenvalue weighted by Crippen LogP contribution is -2.50. The molecule has 0 unspecified atom stereocenters. The summed E-state index contributed by atoms with van der Waals surface area (Å²) >= 11 is 0. The van der Waals surface area contributed by atoms with Gasteiger partial charge in [0.1, 0.15) is 11.6 Å². The molecule has 1 saturated heterocycles. The van der Waals surface area contributed by atoms with Crippen molar-refractivity contribution >= 4 is 11.7 Å². The van der Waals surface area contributed by atoms with Gasteiger partial charge in [-0.25, -0.2) is 8.78 Å². The molecule has 0 bridgehead atoms. The van der Waals surface area contributed by atoms with Crippen LogP contribution < -0.4 is 4.90 Å². The zero-order valence-electron chi connectivity index (χ0n) is 12.1. The van der Waals surface area contributed by atoms with Gasteiger partial charge in [-0.3, -0.25) is 4.79 Å². The number of hydrogen-bond donors (Lipinski definition) is 0. The van der Waals surface area contributed by atoms with Crippen LogP contribution in [0, 0.1) is 17.6 Å². The highest BCUT2D eigenvalue weighted by Crippen LogP contribution is 2.29. The smallest absolute Gasteiger partial charge is 0.312 e. The van der Waals surface area contributed by atoms with Crippen LogP contribution in [0.15, 0.2) is 42.5 Å². The molecule has 0 radical (unpaired) electrons. The Morgan fingerprint density at radius 2 is 1.82 bits per heavy atom. The number of rotatable bonds is 3. The Morgan fingerprint density at radius 3 is 2.45 bits per heavy atom. The molecular formula is C17H15F2NO2. The van der Waals surface area contributed by atoms with Gasteiger partial charge in [0.05, 0.1) is 13.0 Å². The van der Waals surface area contributed by atoms with E-state index in [1.165, 1.54) is 13.2 Å². The van der Waals surface area contributed by atoms with Crippen molar-refractivity contribution in [3.05, 3.63) is 54.1 Å². The molecular weight excluding hydrogens is 288 g/mol. The number of benzene rings is 2. The molecule has 2 aromatic carbocycles. The van der Waals surface area contributed by atoms with E-state index in [-0.39, 0.29) is 17.5 Å². The molecule has 1 fully saturated rings. The zero-order chi connectivity index (χ0) is 15.7. The molecule has 0 N–H and O–H groups in total. The van der Waals surface area contributed by atoms with E-state index in [9.17, 15) is 13.6 Å². The summed E-state index contributed by atoms with van der Waals surface area (Å²) in [7, 11) is 1.38. The van der Waals surface area contributed by atoms with Gasteiger partial charge < -0.3 is 9.64 Å². The van der Waals surface area contributed by atoms with Crippen molar-refractivity contribution in [2.45, 2.75) is 0 Å². The number of nitrogens with zero attached hydrogens (tertiary/aromatic N) is 1. The van der Waals surface area contributed by atoms with Crippen LogP contribution in [-0.4, -0.2) is 26.2 Å². The van der Waals surface area contributed by atoms with Gasteiger partial charge in [0, 0.05) is 24.3 Å². The molecule has 0 amide bonds. The maximum Gasteiger partial charge on any atom is 0.312 e. The quantitative estimate of drug-likeness (QED) is 0.815. The van der Waals surface area contributed by atoms with Crippen LogP contribution in [0.3, 0.4) is 0 Å². The number of esters is 1. The van der Waals surface area contributed by atoms with E-state index in [2.05, 4.69) is 0 Å². The second-order valence-corrected chi connectivity index (χ2v) is 5.30. The molecule has 1 aliphatic rings. The van der Waals surface area contributed by atoms with Gasteiger partial charge in [-0.1, -0.05) is 12.1 Å². The maximum absolute atomic E-state index is 13.7. The largest absolute Gasteiger partial charge is 0.469 e. The summed E-state index contributed by atoms with van der Waals surface area (Å²) in [6, 6.07) is 10.6. The van der Waals surface area contributed by atoms with E-state index in [0.29, 0.717) is 18.7 Å². The summed E-state index contributed by atoms with van der Waals surface area (Å²) in [5, 5.41) is 0. The van der Waals surface area contributed by atoms with Crippen LogP contribution in [-0.2, 0) is 9.53 Å². The van der Waals surface area contributed by atoms with Crippen molar-refractivity contribution in [2.75, 3.05) is 25.1 Å². The van der Waals surface area contributed by atoms with Crippen molar-refractivity contribution < 1.29 is 18.3 Å². The Balaban J connectivity index is 1.74. The predicted octanol–water partition coefficient (Wildman–Crippen LogP) is 3.24. The third-order valence-corrected chi connectivity index (χ3v) is 3.89. The Labute approximate surface area is 127 Å². The first-order valence-electron chi connectivity index (χ1n) is 6.97. The summed E-state index contributed by atoms with van der Waals surface area (Å²) in [6.07, 6.45) is 0. The molecule has 114 valence electrons. The number of anilines is 1. The SMILES string of the molecule is COC(=O)C1CN(c2ccc(-c3cc(F)ccc3F)cc2)C1. The minimum absolute atomic E-state index is 0.0923. The molecule has 0 spiro atoms. The van der Waals surface area contributed by atoms with Gasteiger partial charge in [-0.15, -0.1) is 0 Å². The first-order chi connectivity index (χ1) is 10.6. The molecule has 3 rings (SSSR count). The molecule has 0 aliphatic carbocycles. The minimum atomic E-state index is -0.468. The molecule has 1 heterocycles. The first kappa shape index (κ1) is 14.5. The highest BCUT2D eigenvalue weighted by molar-refractivity contribution is 5.77. The summed E-state index contributed by atoms with van der Waals surface area (Å²) in [5.74, 6) is -1.21. The monoisotopic (exact) mass is 303 g/mol. The minimum Gasteiger partial charge on any atom is -0.469 e. The third-order valence-electron chi connectivity index (χ3n) is 3.89. The van der Waals surface area contributed by atoms with Crippen LogP contribution in [0.4, 0.5) is 14.5 Å². The normalized spacial score (nSPS) is 14.6. The van der Waals surface area contributed by atoms with Crippen molar-refractivity contribution in [1.82, 2.24) is 0 Å². The fourth-order valence-electron chi connectivity index (χ4n) is 2.58. The highest BCUT2D eigenvalue weighted by atomic mass is 19.1. The number of hydrogen-bond acceptors (Lipinski definition) is 3. The molecule has 22 heavy (non-hydrogen) atoms. The number of halogens is 2. The molecule has 2 aromatic rings. The van der Waals surface area contributed by atoms with E-state index in [1.807, 2.05) is 17.0 Å². The van der Waals surface area contributed by atoms with Gasteiger partial charge >= 0.3 is 5.97 Å². The van der Waals surface area contributed by atoms with Gasteiger partial charge in [0.15, 0.2) is 0 Å². The molecule has 0 saturated carbocycles.